The zero-order chi connectivity index (χ0) is 13.8. The molecule has 2 aliphatic heterocycles. The summed E-state index contributed by atoms with van der Waals surface area (Å²) in [6.45, 7) is 6.03. The van der Waals surface area contributed by atoms with Crippen LogP contribution in [0, 0.1) is 5.92 Å². The van der Waals surface area contributed by atoms with Crippen molar-refractivity contribution < 1.29 is 0 Å². The fourth-order valence-corrected chi connectivity index (χ4v) is 4.01. The van der Waals surface area contributed by atoms with Gasteiger partial charge in [0.1, 0.15) is 0 Å². The first-order chi connectivity index (χ1) is 9.81. The average Bonchev–Trinajstić information content (AvgIpc) is 2.96. The fraction of sp³-hybridized carbons (Fsp3) is 0.647. The van der Waals surface area contributed by atoms with Crippen LogP contribution in [0.5, 0.6) is 0 Å². The molecule has 0 spiro atoms. The Morgan fingerprint density at radius 2 is 2.05 bits per heavy atom. The number of hydrogen-bond donors (Lipinski definition) is 1. The number of nitrogens with one attached hydrogen (secondary N) is 1. The molecule has 0 radical (unpaired) electrons. The van der Waals surface area contributed by atoms with Gasteiger partial charge in [-0.3, -0.25) is 4.90 Å². The second-order valence-corrected chi connectivity index (χ2v) is 7.18. The van der Waals surface area contributed by atoms with E-state index in [-0.39, 0.29) is 0 Å². The summed E-state index contributed by atoms with van der Waals surface area (Å²) in [5.41, 5.74) is 2.92. The topological polar surface area (TPSA) is 15.3 Å². The predicted molar refractivity (Wildman–Crippen MR) is 88.0 cm³/mol. The molecule has 1 atom stereocenters. The van der Waals surface area contributed by atoms with Crippen molar-refractivity contribution in [2.24, 2.45) is 5.92 Å². The third-order valence-electron chi connectivity index (χ3n) is 4.63. The number of benzene rings is 1. The first-order valence-electron chi connectivity index (χ1n) is 8.01. The summed E-state index contributed by atoms with van der Waals surface area (Å²) in [6, 6.07) is 7.01. The summed E-state index contributed by atoms with van der Waals surface area (Å²) in [4.78, 5) is 2.56. The minimum atomic E-state index is 0.820. The summed E-state index contributed by atoms with van der Waals surface area (Å²) in [6.07, 6.45) is 6.66. The zero-order valence-corrected chi connectivity index (χ0v) is 13.8. The second kappa shape index (κ2) is 7.06. The molecule has 110 valence electrons. The van der Waals surface area contributed by atoms with Gasteiger partial charge in [0.25, 0.3) is 0 Å². The molecule has 1 N–H and O–H groups in total. The van der Waals surface area contributed by atoms with Crippen molar-refractivity contribution in [1.29, 1.82) is 0 Å². The third-order valence-corrected chi connectivity index (χ3v) is 5.37. The van der Waals surface area contributed by atoms with Crippen LogP contribution in [-0.2, 0) is 13.0 Å². The van der Waals surface area contributed by atoms with E-state index in [9.17, 15) is 0 Å². The molecule has 2 heterocycles. The predicted octanol–water partition coefficient (Wildman–Crippen LogP) is 3.59. The van der Waals surface area contributed by atoms with Gasteiger partial charge in [-0.15, -0.1) is 0 Å². The minimum Gasteiger partial charge on any atom is -0.316 e. The van der Waals surface area contributed by atoms with Crippen LogP contribution in [0.4, 0.5) is 0 Å². The van der Waals surface area contributed by atoms with Crippen LogP contribution in [0.2, 0.25) is 0 Å². The van der Waals surface area contributed by atoms with Gasteiger partial charge in [-0.05, 0) is 81.4 Å². The quantitative estimate of drug-likeness (QED) is 0.903. The van der Waals surface area contributed by atoms with Crippen molar-refractivity contribution in [2.75, 3.05) is 26.2 Å². The van der Waals surface area contributed by atoms with Gasteiger partial charge in [0, 0.05) is 11.0 Å². The average molecular weight is 337 g/mol. The van der Waals surface area contributed by atoms with E-state index in [0.717, 1.165) is 12.5 Å². The second-order valence-electron chi connectivity index (χ2n) is 6.33. The molecule has 2 fully saturated rings. The highest BCUT2D eigenvalue weighted by Gasteiger charge is 2.16. The molecule has 1 aromatic rings. The lowest BCUT2D eigenvalue weighted by molar-refractivity contribution is 0.330. The summed E-state index contributed by atoms with van der Waals surface area (Å²) in [7, 11) is 0. The Kier molecular flexibility index (Phi) is 5.14. The lowest BCUT2D eigenvalue weighted by atomic mass is 9.92. The Morgan fingerprint density at radius 3 is 2.75 bits per heavy atom. The van der Waals surface area contributed by atoms with E-state index in [2.05, 4.69) is 44.3 Å². The fourth-order valence-electron chi connectivity index (χ4n) is 3.46. The molecule has 0 aromatic heterocycles. The molecule has 0 aliphatic carbocycles. The number of nitrogens with zero attached hydrogens (tertiary/aromatic N) is 1. The van der Waals surface area contributed by atoms with Crippen LogP contribution in [0.3, 0.4) is 0 Å². The number of piperidine rings is 1. The van der Waals surface area contributed by atoms with Gasteiger partial charge < -0.3 is 5.32 Å². The highest BCUT2D eigenvalue weighted by Crippen LogP contribution is 2.24. The van der Waals surface area contributed by atoms with Gasteiger partial charge in [-0.2, -0.15) is 0 Å². The maximum Gasteiger partial charge on any atom is 0.0244 e. The van der Waals surface area contributed by atoms with Crippen LogP contribution in [-0.4, -0.2) is 31.1 Å². The molecular formula is C17H25BrN2. The van der Waals surface area contributed by atoms with Crippen LogP contribution in [0.15, 0.2) is 22.7 Å². The lowest BCUT2D eigenvalue weighted by Crippen LogP contribution is -2.30. The number of likely N-dealkylation sites (tertiary alicyclic amines) is 1. The van der Waals surface area contributed by atoms with Crippen LogP contribution < -0.4 is 5.32 Å². The smallest absolute Gasteiger partial charge is 0.0244 e. The Bertz CT molecular complexity index is 435. The van der Waals surface area contributed by atoms with Gasteiger partial charge in [-0.1, -0.05) is 28.1 Å². The SMILES string of the molecule is Brc1cc(CC2CCCNC2)ccc1CN1CCCC1. The van der Waals surface area contributed by atoms with Gasteiger partial charge in [-0.25, -0.2) is 0 Å². The van der Waals surface area contributed by atoms with E-state index in [1.807, 2.05) is 0 Å². The summed E-state index contributed by atoms with van der Waals surface area (Å²) in [5.74, 6) is 0.820. The Labute approximate surface area is 131 Å². The number of halogens is 1. The molecule has 2 nitrogen and oxygen atoms in total. The van der Waals surface area contributed by atoms with E-state index in [0.29, 0.717) is 0 Å². The molecular weight excluding hydrogens is 312 g/mol. The normalized spacial score (nSPS) is 24.1. The highest BCUT2D eigenvalue weighted by atomic mass is 79.9. The molecule has 3 rings (SSSR count). The van der Waals surface area contributed by atoms with E-state index in [1.165, 1.54) is 73.9 Å². The van der Waals surface area contributed by atoms with Crippen LogP contribution >= 0.6 is 15.9 Å². The van der Waals surface area contributed by atoms with Gasteiger partial charge in [0.15, 0.2) is 0 Å². The van der Waals surface area contributed by atoms with Crippen molar-refractivity contribution in [3.05, 3.63) is 33.8 Å². The van der Waals surface area contributed by atoms with Gasteiger partial charge >= 0.3 is 0 Å². The first kappa shape index (κ1) is 14.6. The summed E-state index contributed by atoms with van der Waals surface area (Å²) >= 11 is 3.78. The Balaban J connectivity index is 1.60. The van der Waals surface area contributed by atoms with Crippen molar-refractivity contribution in [3.63, 3.8) is 0 Å². The Hall–Kier alpha value is -0.380. The maximum absolute atomic E-state index is 3.78. The van der Waals surface area contributed by atoms with E-state index >= 15 is 0 Å². The zero-order valence-electron chi connectivity index (χ0n) is 12.2. The monoisotopic (exact) mass is 336 g/mol. The third kappa shape index (κ3) is 3.84. The molecule has 0 saturated carbocycles. The van der Waals surface area contributed by atoms with Crippen LogP contribution in [0.25, 0.3) is 0 Å². The van der Waals surface area contributed by atoms with Gasteiger partial charge in [0.2, 0.25) is 0 Å². The Morgan fingerprint density at radius 1 is 1.20 bits per heavy atom. The maximum atomic E-state index is 3.78. The van der Waals surface area contributed by atoms with Crippen molar-refractivity contribution in [3.8, 4) is 0 Å². The van der Waals surface area contributed by atoms with Crippen molar-refractivity contribution in [1.82, 2.24) is 10.2 Å². The number of hydrogen-bond acceptors (Lipinski definition) is 2. The highest BCUT2D eigenvalue weighted by molar-refractivity contribution is 9.10. The lowest BCUT2D eigenvalue weighted by Gasteiger charge is -2.23. The standard InChI is InChI=1S/C17H25BrN2/c18-17-11-14(10-15-4-3-7-19-12-15)5-6-16(17)13-20-8-1-2-9-20/h5-6,11,15,19H,1-4,7-10,12-13H2. The van der Waals surface area contributed by atoms with E-state index in [1.54, 1.807) is 0 Å². The molecule has 0 amide bonds. The molecule has 1 unspecified atom stereocenters. The van der Waals surface area contributed by atoms with Crippen molar-refractivity contribution in [2.45, 2.75) is 38.6 Å². The molecule has 2 saturated heterocycles. The molecule has 3 heteroatoms. The summed E-state index contributed by atoms with van der Waals surface area (Å²) < 4.78 is 1.30. The molecule has 20 heavy (non-hydrogen) atoms. The van der Waals surface area contributed by atoms with E-state index < -0.39 is 0 Å². The number of rotatable bonds is 4. The molecule has 2 aliphatic rings. The largest absolute Gasteiger partial charge is 0.316 e. The van der Waals surface area contributed by atoms with Gasteiger partial charge in [0.05, 0.1) is 0 Å². The summed E-state index contributed by atoms with van der Waals surface area (Å²) in [5, 5.41) is 3.51. The van der Waals surface area contributed by atoms with Crippen molar-refractivity contribution >= 4 is 15.9 Å². The minimum absolute atomic E-state index is 0.820. The molecule has 1 aromatic carbocycles. The van der Waals surface area contributed by atoms with E-state index in [4.69, 9.17) is 0 Å². The first-order valence-corrected chi connectivity index (χ1v) is 8.81. The van der Waals surface area contributed by atoms with Crippen LogP contribution in [0.1, 0.15) is 36.8 Å². The molecule has 0 bridgehead atoms.